The first-order chi connectivity index (χ1) is 9.80. The molecule has 3 rings (SSSR count). The molecule has 1 fully saturated rings. The number of ether oxygens (including phenoxy) is 1. The van der Waals surface area contributed by atoms with E-state index < -0.39 is 30.1 Å². The minimum atomic E-state index is -1.26. The monoisotopic (exact) mass is 293 g/mol. The summed E-state index contributed by atoms with van der Waals surface area (Å²) in [5.41, 5.74) is 0.184. The van der Waals surface area contributed by atoms with Crippen LogP contribution in [0.15, 0.2) is 18.6 Å². The van der Waals surface area contributed by atoms with Gasteiger partial charge < -0.3 is 24.6 Å². The average molecular weight is 293 g/mol. The third-order valence-corrected chi connectivity index (χ3v) is 3.92. The van der Waals surface area contributed by atoms with E-state index in [9.17, 15) is 15.3 Å². The third kappa shape index (κ3) is 2.22. The average Bonchev–Trinajstić information content (AvgIpc) is 2.93. The summed E-state index contributed by atoms with van der Waals surface area (Å²) in [6.07, 6.45) is -0.817. The van der Waals surface area contributed by atoms with Gasteiger partial charge in [0.15, 0.2) is 6.23 Å². The summed E-state index contributed by atoms with van der Waals surface area (Å²) in [7, 11) is 0. The Morgan fingerprint density at radius 1 is 1.24 bits per heavy atom. The molecule has 3 heterocycles. The summed E-state index contributed by atoms with van der Waals surface area (Å²) in [4.78, 5) is 8.33. The van der Waals surface area contributed by atoms with Crippen molar-refractivity contribution in [3.63, 3.8) is 0 Å². The lowest BCUT2D eigenvalue weighted by Crippen LogP contribution is -2.44. The Bertz CT molecular complexity index is 664. The van der Waals surface area contributed by atoms with Crippen molar-refractivity contribution in [3.05, 3.63) is 24.3 Å². The van der Waals surface area contributed by atoms with Crippen LogP contribution in [0.4, 0.5) is 0 Å². The molecule has 0 spiro atoms. The Kier molecular flexibility index (Phi) is 3.25. The van der Waals surface area contributed by atoms with Crippen molar-refractivity contribution in [1.29, 1.82) is 0 Å². The molecule has 1 saturated heterocycles. The number of rotatable bonds is 2. The fraction of sp³-hybridized carbons (Fsp3) is 0.571. The number of hydrogen-bond acceptors (Lipinski definition) is 6. The molecule has 0 aliphatic carbocycles. The summed E-state index contributed by atoms with van der Waals surface area (Å²) in [6, 6.07) is 1.84. The van der Waals surface area contributed by atoms with E-state index >= 15 is 0 Å². The van der Waals surface area contributed by atoms with Crippen molar-refractivity contribution in [2.45, 2.75) is 50.9 Å². The normalized spacial score (nSPS) is 30.2. The van der Waals surface area contributed by atoms with Crippen LogP contribution in [-0.4, -0.2) is 53.8 Å². The van der Waals surface area contributed by atoms with E-state index in [1.54, 1.807) is 10.8 Å². The highest BCUT2D eigenvalue weighted by Crippen LogP contribution is 2.36. The fourth-order valence-electron chi connectivity index (χ4n) is 2.78. The van der Waals surface area contributed by atoms with Crippen LogP contribution in [0.25, 0.3) is 11.0 Å². The Balaban J connectivity index is 2.02. The highest BCUT2D eigenvalue weighted by Gasteiger charge is 2.49. The van der Waals surface area contributed by atoms with E-state index in [4.69, 9.17) is 4.74 Å². The Morgan fingerprint density at radius 2 is 1.95 bits per heavy atom. The molecule has 0 saturated carbocycles. The Labute approximate surface area is 121 Å². The van der Waals surface area contributed by atoms with Crippen LogP contribution >= 0.6 is 0 Å². The zero-order chi connectivity index (χ0) is 15.4. The SMILES string of the molecule is Cc1ncnc2c1ccn2C1OC(C(C)(C)O)C(O)C1O. The summed E-state index contributed by atoms with van der Waals surface area (Å²) in [5.74, 6) is 0. The minimum Gasteiger partial charge on any atom is -0.388 e. The van der Waals surface area contributed by atoms with Crippen LogP contribution in [0.5, 0.6) is 0 Å². The summed E-state index contributed by atoms with van der Waals surface area (Å²) in [5, 5.41) is 31.3. The maximum atomic E-state index is 10.2. The topological polar surface area (TPSA) is 101 Å². The van der Waals surface area contributed by atoms with Crippen LogP contribution in [0.3, 0.4) is 0 Å². The first-order valence-corrected chi connectivity index (χ1v) is 6.83. The van der Waals surface area contributed by atoms with Gasteiger partial charge in [-0.3, -0.25) is 0 Å². The highest BCUT2D eigenvalue weighted by molar-refractivity contribution is 5.78. The van der Waals surface area contributed by atoms with E-state index in [2.05, 4.69) is 9.97 Å². The van der Waals surface area contributed by atoms with Gasteiger partial charge in [-0.15, -0.1) is 0 Å². The van der Waals surface area contributed by atoms with Gasteiger partial charge in [0, 0.05) is 11.6 Å². The van der Waals surface area contributed by atoms with Crippen molar-refractivity contribution in [3.8, 4) is 0 Å². The zero-order valence-corrected chi connectivity index (χ0v) is 12.1. The van der Waals surface area contributed by atoms with Crippen molar-refractivity contribution in [2.24, 2.45) is 0 Å². The van der Waals surface area contributed by atoms with Crippen LogP contribution in [0, 0.1) is 6.92 Å². The number of fused-ring (bicyclic) bond motifs is 1. The second kappa shape index (κ2) is 4.74. The second-order valence-electron chi connectivity index (χ2n) is 6.00. The van der Waals surface area contributed by atoms with Crippen molar-refractivity contribution >= 4 is 11.0 Å². The molecule has 21 heavy (non-hydrogen) atoms. The number of hydrogen-bond donors (Lipinski definition) is 3. The third-order valence-electron chi connectivity index (χ3n) is 3.92. The first-order valence-electron chi connectivity index (χ1n) is 6.83. The lowest BCUT2D eigenvalue weighted by Gasteiger charge is -2.27. The van der Waals surface area contributed by atoms with Crippen molar-refractivity contribution in [2.75, 3.05) is 0 Å². The maximum Gasteiger partial charge on any atom is 0.164 e. The Morgan fingerprint density at radius 3 is 2.57 bits per heavy atom. The number of aliphatic hydroxyl groups excluding tert-OH is 2. The second-order valence-corrected chi connectivity index (χ2v) is 6.00. The van der Waals surface area contributed by atoms with Gasteiger partial charge in [-0.25, -0.2) is 9.97 Å². The van der Waals surface area contributed by atoms with Crippen molar-refractivity contribution in [1.82, 2.24) is 14.5 Å². The molecule has 1 aliphatic rings. The largest absolute Gasteiger partial charge is 0.388 e. The van der Waals surface area contributed by atoms with Gasteiger partial charge >= 0.3 is 0 Å². The van der Waals surface area contributed by atoms with Crippen LogP contribution in [-0.2, 0) is 4.74 Å². The fourth-order valence-corrected chi connectivity index (χ4v) is 2.78. The summed E-state index contributed by atoms with van der Waals surface area (Å²) >= 11 is 0. The molecule has 4 atom stereocenters. The molecule has 0 bridgehead atoms. The minimum absolute atomic E-state index is 0.621. The number of aryl methyl sites for hydroxylation is 1. The van der Waals surface area contributed by atoms with E-state index in [0.29, 0.717) is 5.65 Å². The van der Waals surface area contributed by atoms with Gasteiger partial charge in [-0.1, -0.05) is 0 Å². The quantitative estimate of drug-likeness (QED) is 0.727. The van der Waals surface area contributed by atoms with Gasteiger partial charge in [0.1, 0.15) is 30.3 Å². The molecule has 2 aromatic rings. The smallest absolute Gasteiger partial charge is 0.164 e. The van der Waals surface area contributed by atoms with Gasteiger partial charge in [0.2, 0.25) is 0 Å². The summed E-state index contributed by atoms with van der Waals surface area (Å²) in [6.45, 7) is 4.95. The molecule has 3 N–H and O–H groups in total. The number of nitrogens with zero attached hydrogens (tertiary/aromatic N) is 3. The predicted octanol–water partition coefficient (Wildman–Crippen LogP) is 0.130. The Hall–Kier alpha value is -1.54. The van der Waals surface area contributed by atoms with E-state index in [0.717, 1.165) is 11.1 Å². The van der Waals surface area contributed by atoms with E-state index in [1.165, 1.54) is 20.2 Å². The molecule has 114 valence electrons. The van der Waals surface area contributed by atoms with Gasteiger partial charge in [0.05, 0.1) is 11.3 Å². The molecular formula is C14H19N3O4. The molecule has 0 amide bonds. The molecule has 1 aliphatic heterocycles. The van der Waals surface area contributed by atoms with Crippen LogP contribution < -0.4 is 0 Å². The number of aromatic nitrogens is 3. The predicted molar refractivity (Wildman–Crippen MR) is 74.5 cm³/mol. The molecular weight excluding hydrogens is 274 g/mol. The van der Waals surface area contributed by atoms with Crippen LogP contribution in [0.2, 0.25) is 0 Å². The lowest BCUT2D eigenvalue weighted by molar-refractivity contribution is -0.122. The summed E-state index contributed by atoms with van der Waals surface area (Å²) < 4.78 is 7.35. The zero-order valence-electron chi connectivity index (χ0n) is 12.1. The number of aliphatic hydroxyl groups is 3. The molecule has 7 heteroatoms. The van der Waals surface area contributed by atoms with Gasteiger partial charge in [-0.05, 0) is 26.8 Å². The standard InChI is InChI=1S/C14H19N3O4/c1-7-8-4-5-17(12(8)16-6-15-7)13-10(19)9(18)11(21-13)14(2,3)20/h4-6,9-11,13,18-20H,1-3H3. The van der Waals surface area contributed by atoms with Crippen LogP contribution in [0.1, 0.15) is 25.8 Å². The van der Waals surface area contributed by atoms with Gasteiger partial charge in [-0.2, -0.15) is 0 Å². The van der Waals surface area contributed by atoms with Gasteiger partial charge in [0.25, 0.3) is 0 Å². The lowest BCUT2D eigenvalue weighted by atomic mass is 9.96. The maximum absolute atomic E-state index is 10.2. The molecule has 2 aromatic heterocycles. The highest BCUT2D eigenvalue weighted by atomic mass is 16.6. The van der Waals surface area contributed by atoms with E-state index in [-0.39, 0.29) is 0 Å². The first kappa shape index (κ1) is 14.4. The molecule has 7 nitrogen and oxygen atoms in total. The van der Waals surface area contributed by atoms with Crippen molar-refractivity contribution < 1.29 is 20.1 Å². The molecule has 0 radical (unpaired) electrons. The molecule has 0 aromatic carbocycles. The molecule has 4 unspecified atom stereocenters. The van der Waals surface area contributed by atoms with E-state index in [1.807, 2.05) is 13.0 Å².